The van der Waals surface area contributed by atoms with Gasteiger partial charge in [-0.15, -0.1) is 0 Å². The maximum atomic E-state index is 5.54. The van der Waals surface area contributed by atoms with E-state index in [0.29, 0.717) is 6.04 Å². The monoisotopic (exact) mass is 264 g/mol. The predicted octanol–water partition coefficient (Wildman–Crippen LogP) is 2.81. The van der Waals surface area contributed by atoms with Crippen LogP contribution >= 0.6 is 0 Å². The average Bonchev–Trinajstić information content (AvgIpc) is 2.33. The van der Waals surface area contributed by atoms with E-state index >= 15 is 0 Å². The maximum Gasteiger partial charge on any atom is 0.123 e. The third-order valence-electron chi connectivity index (χ3n) is 3.48. The van der Waals surface area contributed by atoms with E-state index in [0.717, 1.165) is 12.3 Å². The van der Waals surface area contributed by atoms with E-state index in [-0.39, 0.29) is 5.41 Å². The minimum Gasteiger partial charge on any atom is -0.496 e. The minimum absolute atomic E-state index is 0.150. The number of hydrogen-bond acceptors (Lipinski definition) is 3. The first-order valence-corrected chi connectivity index (χ1v) is 6.80. The lowest BCUT2D eigenvalue weighted by molar-refractivity contribution is 0.283. The Kier molecular flexibility index (Phi) is 5.39. The van der Waals surface area contributed by atoms with Crippen LogP contribution in [0, 0.1) is 0 Å². The highest BCUT2D eigenvalue weighted by atomic mass is 16.5. The summed E-state index contributed by atoms with van der Waals surface area (Å²) in [5.74, 6) is 0.960. The summed E-state index contributed by atoms with van der Waals surface area (Å²) < 4.78 is 5.54. The largest absolute Gasteiger partial charge is 0.496 e. The highest BCUT2D eigenvalue weighted by Gasteiger charge is 2.21. The van der Waals surface area contributed by atoms with Crippen LogP contribution in [-0.2, 0) is 5.41 Å². The molecule has 0 amide bonds. The zero-order valence-corrected chi connectivity index (χ0v) is 13.4. The average molecular weight is 264 g/mol. The molecule has 0 spiro atoms. The van der Waals surface area contributed by atoms with Crippen LogP contribution in [0.3, 0.4) is 0 Å². The Morgan fingerprint density at radius 1 is 1.26 bits per heavy atom. The molecular formula is C16H28N2O. The number of hydrogen-bond donors (Lipinski definition) is 1. The Hall–Kier alpha value is -1.06. The summed E-state index contributed by atoms with van der Waals surface area (Å²) in [5.41, 5.74) is 2.73. The summed E-state index contributed by atoms with van der Waals surface area (Å²) in [6.07, 6.45) is 0. The maximum absolute atomic E-state index is 5.54. The van der Waals surface area contributed by atoms with Crippen LogP contribution in [0.25, 0.3) is 0 Å². The van der Waals surface area contributed by atoms with Gasteiger partial charge in [-0.25, -0.2) is 0 Å². The van der Waals surface area contributed by atoms with E-state index in [1.165, 1.54) is 11.1 Å². The number of ether oxygens (including phenoxy) is 1. The van der Waals surface area contributed by atoms with Crippen molar-refractivity contribution in [3.63, 3.8) is 0 Å². The molecule has 0 heterocycles. The van der Waals surface area contributed by atoms with Crippen molar-refractivity contribution in [1.29, 1.82) is 0 Å². The second kappa shape index (κ2) is 6.40. The summed E-state index contributed by atoms with van der Waals surface area (Å²) in [5, 5.41) is 3.26. The third kappa shape index (κ3) is 3.95. The van der Waals surface area contributed by atoms with Crippen LogP contribution in [0.2, 0.25) is 0 Å². The molecule has 0 saturated carbocycles. The molecule has 108 valence electrons. The Balaban J connectivity index is 3.28. The van der Waals surface area contributed by atoms with Gasteiger partial charge in [0.1, 0.15) is 5.75 Å². The van der Waals surface area contributed by atoms with Crippen LogP contribution in [0.4, 0.5) is 0 Å². The van der Waals surface area contributed by atoms with Crippen molar-refractivity contribution < 1.29 is 4.74 Å². The first kappa shape index (κ1) is 16.0. The molecule has 0 saturated heterocycles. The van der Waals surface area contributed by atoms with Gasteiger partial charge in [-0.2, -0.15) is 0 Å². The zero-order chi connectivity index (χ0) is 14.6. The Morgan fingerprint density at radius 2 is 1.89 bits per heavy atom. The fourth-order valence-corrected chi connectivity index (χ4v) is 2.23. The van der Waals surface area contributed by atoms with E-state index < -0.39 is 0 Å². The van der Waals surface area contributed by atoms with Crippen molar-refractivity contribution >= 4 is 0 Å². The van der Waals surface area contributed by atoms with Crippen LogP contribution in [-0.4, -0.2) is 39.7 Å². The van der Waals surface area contributed by atoms with Crippen molar-refractivity contribution in [3.8, 4) is 5.75 Å². The zero-order valence-electron chi connectivity index (χ0n) is 13.4. The van der Waals surface area contributed by atoms with Crippen LogP contribution in [0.5, 0.6) is 5.75 Å². The molecule has 1 atom stereocenters. The molecule has 0 radical (unpaired) electrons. The van der Waals surface area contributed by atoms with E-state index in [9.17, 15) is 0 Å². The standard InChI is InChI=1S/C16H28N2O/c1-16(2,3)12-8-9-15(19-7)13(10-12)14(11-17-4)18(5)6/h8-10,14,17H,11H2,1-7H3. The predicted molar refractivity (Wildman–Crippen MR) is 82.0 cm³/mol. The molecule has 1 rings (SSSR count). The molecule has 19 heavy (non-hydrogen) atoms. The third-order valence-corrected chi connectivity index (χ3v) is 3.48. The Morgan fingerprint density at radius 3 is 2.32 bits per heavy atom. The second-order valence-corrected chi connectivity index (χ2v) is 6.24. The highest BCUT2D eigenvalue weighted by molar-refractivity contribution is 5.41. The van der Waals surface area contributed by atoms with Gasteiger partial charge in [-0.1, -0.05) is 26.8 Å². The van der Waals surface area contributed by atoms with Gasteiger partial charge in [-0.3, -0.25) is 0 Å². The fraction of sp³-hybridized carbons (Fsp3) is 0.625. The molecule has 3 nitrogen and oxygen atoms in total. The SMILES string of the molecule is CNCC(c1cc(C(C)(C)C)ccc1OC)N(C)C. The van der Waals surface area contributed by atoms with Gasteiger partial charge in [0.2, 0.25) is 0 Å². The van der Waals surface area contributed by atoms with Gasteiger partial charge < -0.3 is 15.0 Å². The lowest BCUT2D eigenvalue weighted by atomic mass is 9.85. The van der Waals surface area contributed by atoms with Crippen molar-refractivity contribution in [2.45, 2.75) is 32.2 Å². The van der Waals surface area contributed by atoms with E-state index in [4.69, 9.17) is 4.74 Å². The molecule has 0 bridgehead atoms. The summed E-state index contributed by atoms with van der Waals surface area (Å²) >= 11 is 0. The van der Waals surface area contributed by atoms with Gasteiger partial charge in [0.05, 0.1) is 13.2 Å². The normalized spacial score (nSPS) is 13.7. The van der Waals surface area contributed by atoms with E-state index in [1.54, 1.807) is 7.11 Å². The summed E-state index contributed by atoms with van der Waals surface area (Å²) in [6.45, 7) is 7.61. The molecule has 1 N–H and O–H groups in total. The molecule has 0 aromatic heterocycles. The van der Waals surface area contributed by atoms with Gasteiger partial charge in [0.25, 0.3) is 0 Å². The van der Waals surface area contributed by atoms with Gasteiger partial charge >= 0.3 is 0 Å². The molecule has 0 aliphatic rings. The van der Waals surface area contributed by atoms with E-state index in [2.05, 4.69) is 63.3 Å². The van der Waals surface area contributed by atoms with Crippen LogP contribution in [0.1, 0.15) is 37.9 Å². The molecular weight excluding hydrogens is 236 g/mol. The quantitative estimate of drug-likeness (QED) is 0.885. The topological polar surface area (TPSA) is 24.5 Å². The smallest absolute Gasteiger partial charge is 0.123 e. The molecule has 1 aromatic carbocycles. The highest BCUT2D eigenvalue weighted by Crippen LogP contribution is 2.33. The fourth-order valence-electron chi connectivity index (χ4n) is 2.23. The molecule has 1 aromatic rings. The lowest BCUT2D eigenvalue weighted by Gasteiger charge is -2.28. The van der Waals surface area contributed by atoms with Gasteiger partial charge in [0, 0.05) is 12.1 Å². The van der Waals surface area contributed by atoms with Crippen molar-refractivity contribution in [1.82, 2.24) is 10.2 Å². The number of methoxy groups -OCH3 is 1. The first-order valence-electron chi connectivity index (χ1n) is 6.80. The molecule has 3 heteroatoms. The molecule has 0 aliphatic carbocycles. The molecule has 0 fully saturated rings. The number of likely N-dealkylation sites (N-methyl/N-ethyl adjacent to an activating group) is 2. The van der Waals surface area contributed by atoms with Gasteiger partial charge in [-0.05, 0) is 44.3 Å². The minimum atomic E-state index is 0.150. The molecule has 1 unspecified atom stereocenters. The molecule has 0 aliphatic heterocycles. The Bertz CT molecular complexity index is 408. The van der Waals surface area contributed by atoms with Crippen molar-refractivity contribution in [3.05, 3.63) is 29.3 Å². The number of nitrogens with one attached hydrogen (secondary N) is 1. The van der Waals surface area contributed by atoms with Crippen molar-refractivity contribution in [2.24, 2.45) is 0 Å². The number of rotatable bonds is 5. The van der Waals surface area contributed by atoms with Crippen LogP contribution in [0.15, 0.2) is 18.2 Å². The Labute approximate surface area is 118 Å². The van der Waals surface area contributed by atoms with Gasteiger partial charge in [0.15, 0.2) is 0 Å². The number of nitrogens with zero attached hydrogens (tertiary/aromatic N) is 1. The van der Waals surface area contributed by atoms with Crippen LogP contribution < -0.4 is 10.1 Å². The van der Waals surface area contributed by atoms with E-state index in [1.807, 2.05) is 7.05 Å². The summed E-state index contributed by atoms with van der Waals surface area (Å²) in [7, 11) is 7.93. The second-order valence-electron chi connectivity index (χ2n) is 6.24. The summed E-state index contributed by atoms with van der Waals surface area (Å²) in [6, 6.07) is 6.83. The van der Waals surface area contributed by atoms with Crippen molar-refractivity contribution in [2.75, 3.05) is 34.8 Å². The lowest BCUT2D eigenvalue weighted by Crippen LogP contribution is -2.30. The number of benzene rings is 1. The first-order chi connectivity index (χ1) is 8.81. The summed E-state index contributed by atoms with van der Waals surface area (Å²) in [4.78, 5) is 2.22.